The van der Waals surface area contributed by atoms with Crippen LogP contribution in [0.3, 0.4) is 0 Å². The van der Waals surface area contributed by atoms with E-state index in [0.717, 1.165) is 19.3 Å². The van der Waals surface area contributed by atoms with Crippen molar-refractivity contribution in [2.75, 3.05) is 0 Å². The molecule has 0 aromatic rings. The highest BCUT2D eigenvalue weighted by molar-refractivity contribution is 5.88. The molecule has 1 aliphatic carbocycles. The summed E-state index contributed by atoms with van der Waals surface area (Å²) in [5.41, 5.74) is 1.43. The molecule has 0 bridgehead atoms. The van der Waals surface area contributed by atoms with E-state index in [2.05, 4.69) is 5.48 Å². The Balaban J connectivity index is 0.000001000. The molecule has 0 aromatic heterocycles. The summed E-state index contributed by atoms with van der Waals surface area (Å²) in [6.45, 7) is 1.74. The monoisotopic (exact) mass is 179 g/mol. The highest BCUT2D eigenvalue weighted by atomic mass is 35.5. The van der Waals surface area contributed by atoms with Crippen LogP contribution in [0.25, 0.3) is 0 Å². The van der Waals surface area contributed by atoms with E-state index in [1.54, 1.807) is 6.92 Å². The molecule has 11 heavy (non-hydrogen) atoms. The van der Waals surface area contributed by atoms with Gasteiger partial charge in [0.05, 0.1) is 5.54 Å². The number of hydrogen-bond acceptors (Lipinski definition) is 3. The zero-order chi connectivity index (χ0) is 7.61. The van der Waals surface area contributed by atoms with Gasteiger partial charge >= 0.3 is 0 Å². The second kappa shape index (κ2) is 4.04. The summed E-state index contributed by atoms with van der Waals surface area (Å²) in [7, 11) is 0. The third-order valence-electron chi connectivity index (χ3n) is 2.19. The highest BCUT2D eigenvalue weighted by Gasteiger charge is 2.34. The van der Waals surface area contributed by atoms with Crippen molar-refractivity contribution in [1.29, 1.82) is 0 Å². The van der Waals surface area contributed by atoms with Gasteiger partial charge in [-0.1, -0.05) is 6.42 Å². The van der Waals surface area contributed by atoms with Gasteiger partial charge in [0.25, 0.3) is 0 Å². The first-order valence-corrected chi connectivity index (χ1v) is 3.63. The minimum Gasteiger partial charge on any atom is -0.316 e. The van der Waals surface area contributed by atoms with Crippen LogP contribution in [0.1, 0.15) is 32.6 Å². The molecule has 2 N–H and O–H groups in total. The first kappa shape index (κ1) is 10.9. The molecule has 0 aromatic carbocycles. The van der Waals surface area contributed by atoms with Gasteiger partial charge in [-0.15, -0.1) is 12.4 Å². The lowest BCUT2D eigenvalue weighted by Crippen LogP contribution is -2.49. The van der Waals surface area contributed by atoms with E-state index in [1.807, 2.05) is 0 Å². The molecule has 0 heterocycles. The van der Waals surface area contributed by atoms with Crippen molar-refractivity contribution in [2.45, 2.75) is 38.1 Å². The average Bonchev–Trinajstić information content (AvgIpc) is 1.96. The number of hydrogen-bond donors (Lipinski definition) is 2. The Bertz CT molecular complexity index is 151. The molecule has 0 saturated heterocycles. The van der Waals surface area contributed by atoms with Gasteiger partial charge in [-0.25, -0.2) is 0 Å². The minimum absolute atomic E-state index is 0. The van der Waals surface area contributed by atoms with Crippen LogP contribution in [0.4, 0.5) is 0 Å². The molecule has 66 valence electrons. The number of carbonyl (C=O) groups excluding carboxylic acids is 1. The van der Waals surface area contributed by atoms with Crippen LogP contribution in [0.5, 0.6) is 0 Å². The fraction of sp³-hybridized carbons (Fsp3) is 0.857. The smallest absolute Gasteiger partial charge is 0.154 e. The molecule has 1 atom stereocenters. The second-order valence-electron chi connectivity index (χ2n) is 3.07. The summed E-state index contributed by atoms with van der Waals surface area (Å²) in [5, 5.41) is 8.65. The summed E-state index contributed by atoms with van der Waals surface area (Å²) in [6.07, 6.45) is 3.35. The lowest BCUT2D eigenvalue weighted by molar-refractivity contribution is -0.131. The second-order valence-corrected chi connectivity index (χ2v) is 3.07. The van der Waals surface area contributed by atoms with Crippen molar-refractivity contribution in [3.63, 3.8) is 0 Å². The molecular weight excluding hydrogens is 166 g/mol. The van der Waals surface area contributed by atoms with Crippen LogP contribution < -0.4 is 5.48 Å². The summed E-state index contributed by atoms with van der Waals surface area (Å²) >= 11 is 0. The van der Waals surface area contributed by atoms with Crippen LogP contribution >= 0.6 is 12.4 Å². The fourth-order valence-electron chi connectivity index (χ4n) is 1.30. The largest absolute Gasteiger partial charge is 0.316 e. The van der Waals surface area contributed by atoms with E-state index < -0.39 is 5.54 Å². The fourth-order valence-corrected chi connectivity index (χ4v) is 1.30. The number of nitrogens with one attached hydrogen (secondary N) is 1. The molecule has 1 aliphatic rings. The summed E-state index contributed by atoms with van der Waals surface area (Å²) in [6, 6.07) is 0. The first-order chi connectivity index (χ1) is 4.69. The van der Waals surface area contributed by atoms with Crippen LogP contribution in [-0.2, 0) is 4.79 Å². The predicted octanol–water partition coefficient (Wildman–Crippen LogP) is 1.29. The zero-order valence-electron chi connectivity index (χ0n) is 6.59. The van der Waals surface area contributed by atoms with Crippen LogP contribution in [0, 0.1) is 0 Å². The SMILES string of the molecule is CC1(NO)CCCCC1=O.Cl. The summed E-state index contributed by atoms with van der Waals surface area (Å²) in [5.74, 6) is 0.126. The maximum atomic E-state index is 11.1. The van der Waals surface area contributed by atoms with E-state index >= 15 is 0 Å². The Kier molecular flexibility index (Phi) is 4.00. The van der Waals surface area contributed by atoms with Crippen molar-refractivity contribution in [3.8, 4) is 0 Å². The third kappa shape index (κ3) is 2.15. The summed E-state index contributed by atoms with van der Waals surface area (Å²) < 4.78 is 0. The average molecular weight is 180 g/mol. The van der Waals surface area contributed by atoms with Crippen LogP contribution in [0.2, 0.25) is 0 Å². The van der Waals surface area contributed by atoms with Gasteiger partial charge in [0.1, 0.15) is 0 Å². The molecule has 1 unspecified atom stereocenters. The number of Topliss-reactive ketones (excluding diaryl/α,β-unsaturated/α-hetero) is 1. The molecular formula is C7H14ClNO2. The van der Waals surface area contributed by atoms with Gasteiger partial charge in [-0.05, 0) is 19.8 Å². The number of ketones is 1. The normalized spacial score (nSPS) is 31.3. The number of carbonyl (C=O) groups is 1. The molecule has 1 saturated carbocycles. The topological polar surface area (TPSA) is 49.3 Å². The molecule has 1 rings (SSSR count). The maximum absolute atomic E-state index is 11.1. The Morgan fingerprint density at radius 3 is 2.55 bits per heavy atom. The van der Waals surface area contributed by atoms with Crippen molar-refractivity contribution < 1.29 is 10.0 Å². The molecule has 1 fully saturated rings. The molecule has 0 radical (unpaired) electrons. The predicted molar refractivity (Wildman–Crippen MR) is 44.1 cm³/mol. The van der Waals surface area contributed by atoms with Crippen molar-refractivity contribution in [3.05, 3.63) is 0 Å². The lowest BCUT2D eigenvalue weighted by Gasteiger charge is -2.29. The number of hydroxylamine groups is 1. The molecule has 4 heteroatoms. The van der Waals surface area contributed by atoms with E-state index in [-0.39, 0.29) is 18.2 Å². The maximum Gasteiger partial charge on any atom is 0.154 e. The van der Waals surface area contributed by atoms with E-state index in [4.69, 9.17) is 5.21 Å². The third-order valence-corrected chi connectivity index (χ3v) is 2.19. The van der Waals surface area contributed by atoms with E-state index in [1.165, 1.54) is 0 Å². The minimum atomic E-state index is -0.655. The first-order valence-electron chi connectivity index (χ1n) is 3.63. The molecule has 0 spiro atoms. The van der Waals surface area contributed by atoms with Gasteiger partial charge < -0.3 is 5.21 Å². The number of halogens is 1. The quantitative estimate of drug-likeness (QED) is 0.597. The lowest BCUT2D eigenvalue weighted by atomic mass is 9.83. The van der Waals surface area contributed by atoms with Gasteiger partial charge in [0, 0.05) is 6.42 Å². The van der Waals surface area contributed by atoms with Crippen molar-refractivity contribution >= 4 is 18.2 Å². The van der Waals surface area contributed by atoms with Crippen molar-refractivity contribution in [1.82, 2.24) is 5.48 Å². The van der Waals surface area contributed by atoms with Gasteiger partial charge in [0.15, 0.2) is 5.78 Å². The summed E-state index contributed by atoms with van der Waals surface area (Å²) in [4.78, 5) is 11.1. The molecule has 3 nitrogen and oxygen atoms in total. The van der Waals surface area contributed by atoms with Gasteiger partial charge in [0.2, 0.25) is 0 Å². The highest BCUT2D eigenvalue weighted by Crippen LogP contribution is 2.23. The Hall–Kier alpha value is -0.120. The Labute approximate surface area is 72.5 Å². The molecule has 0 amide bonds. The molecule has 0 aliphatic heterocycles. The standard InChI is InChI=1S/C7H13NO2.ClH/c1-7(8-10)5-3-2-4-6(7)9;/h8,10H,2-5H2,1H3;1H. The van der Waals surface area contributed by atoms with Gasteiger partial charge in [-0.3, -0.25) is 4.79 Å². The zero-order valence-corrected chi connectivity index (χ0v) is 7.41. The number of rotatable bonds is 1. The van der Waals surface area contributed by atoms with Gasteiger partial charge in [-0.2, -0.15) is 5.48 Å². The van der Waals surface area contributed by atoms with E-state index in [9.17, 15) is 4.79 Å². The van der Waals surface area contributed by atoms with Crippen LogP contribution in [0.15, 0.2) is 0 Å². The Morgan fingerprint density at radius 2 is 2.18 bits per heavy atom. The van der Waals surface area contributed by atoms with E-state index in [0.29, 0.717) is 6.42 Å². The van der Waals surface area contributed by atoms with Crippen LogP contribution in [-0.4, -0.2) is 16.5 Å². The van der Waals surface area contributed by atoms with Crippen molar-refractivity contribution in [2.24, 2.45) is 0 Å². The Morgan fingerprint density at radius 1 is 1.55 bits per heavy atom.